The van der Waals surface area contributed by atoms with E-state index in [0.717, 1.165) is 0 Å². The van der Waals surface area contributed by atoms with Gasteiger partial charge in [-0.25, -0.2) is 0 Å². The largest absolute Gasteiger partial charge is 0.455 e. The number of allylic oxidation sites excluding steroid dienone is 1. The van der Waals surface area contributed by atoms with Crippen LogP contribution >= 0.6 is 11.6 Å². The van der Waals surface area contributed by atoms with Crippen LogP contribution in [-0.4, -0.2) is 84.4 Å². The Labute approximate surface area is 320 Å². The van der Waals surface area contributed by atoms with Gasteiger partial charge in [0.15, 0.2) is 0 Å². The summed E-state index contributed by atoms with van der Waals surface area (Å²) in [5.41, 5.74) is 0.376. The van der Waals surface area contributed by atoms with Crippen LogP contribution in [0.3, 0.4) is 0 Å². The molecule has 3 heterocycles. The van der Waals surface area contributed by atoms with Crippen LogP contribution in [0.4, 0.5) is 5.69 Å². The Morgan fingerprint density at radius 2 is 1.70 bits per heavy atom. The number of nitrogens with one attached hydrogen (secondary N) is 1. The lowest BCUT2D eigenvalue weighted by molar-refractivity contribution is -0.163. The molecule has 284 valence electrons. The lowest BCUT2D eigenvalue weighted by Crippen LogP contribution is -2.57. The lowest BCUT2D eigenvalue weighted by atomic mass is 9.70. The van der Waals surface area contributed by atoms with Crippen molar-refractivity contribution in [2.75, 3.05) is 31.8 Å². The summed E-state index contributed by atoms with van der Waals surface area (Å²) in [5.74, 6) is -4.05. The van der Waals surface area contributed by atoms with E-state index in [-0.39, 0.29) is 25.5 Å². The highest BCUT2D eigenvalue weighted by molar-refractivity contribution is 6.30. The number of rotatable bonds is 17. The quantitative estimate of drug-likeness (QED) is 0.139. The van der Waals surface area contributed by atoms with Gasteiger partial charge in [-0.05, 0) is 54.7 Å². The monoisotopic (exact) mass is 755 g/mol. The summed E-state index contributed by atoms with van der Waals surface area (Å²) in [6, 6.07) is 21.9. The van der Waals surface area contributed by atoms with Gasteiger partial charge >= 0.3 is 5.97 Å². The normalized spacial score (nSPS) is 24.3. The summed E-state index contributed by atoms with van der Waals surface area (Å²) in [4.78, 5) is 60.6. The van der Waals surface area contributed by atoms with E-state index in [2.05, 4.69) is 18.5 Å². The minimum absolute atomic E-state index is 0.0347. The number of aliphatic hydroxyl groups excluding tert-OH is 1. The number of methoxy groups -OCH3 is 1. The number of nitrogens with zero attached hydrogens (tertiary/aromatic N) is 2. The molecule has 0 aromatic heterocycles. The van der Waals surface area contributed by atoms with Crippen LogP contribution in [0, 0.1) is 11.8 Å². The number of esters is 1. The third-order valence-electron chi connectivity index (χ3n) is 10.7. The molecule has 54 heavy (non-hydrogen) atoms. The molecule has 12 heteroatoms. The smallest absolute Gasteiger partial charge is 0.313 e. The number of halogens is 1. The van der Waals surface area contributed by atoms with Gasteiger partial charge < -0.3 is 34.4 Å². The summed E-state index contributed by atoms with van der Waals surface area (Å²) in [5, 5.41) is 14.3. The van der Waals surface area contributed by atoms with Crippen molar-refractivity contribution in [3.8, 4) is 0 Å². The molecule has 8 atom stereocenters. The van der Waals surface area contributed by atoms with Crippen LogP contribution in [0.5, 0.6) is 0 Å². The zero-order chi connectivity index (χ0) is 38.4. The minimum atomic E-state index is -1.40. The van der Waals surface area contributed by atoms with Crippen LogP contribution in [0.15, 0.2) is 110 Å². The number of anilines is 1. The lowest BCUT2D eigenvalue weighted by Gasteiger charge is -2.39. The maximum absolute atomic E-state index is 15.0. The Balaban J connectivity index is 1.40. The number of ether oxygens (including phenoxy) is 3. The molecule has 2 N–H and O–H groups in total. The second-order valence-corrected chi connectivity index (χ2v) is 14.3. The maximum atomic E-state index is 15.0. The molecule has 0 aliphatic carbocycles. The molecule has 3 aromatic carbocycles. The Morgan fingerprint density at radius 3 is 2.31 bits per heavy atom. The number of hydrogen-bond acceptors (Lipinski definition) is 8. The average molecular weight is 756 g/mol. The van der Waals surface area contributed by atoms with Gasteiger partial charge in [-0.1, -0.05) is 84.4 Å². The summed E-state index contributed by atoms with van der Waals surface area (Å²) in [7, 11) is 1.49. The number of hydrogen-bond donors (Lipinski definition) is 2. The maximum Gasteiger partial charge on any atom is 0.313 e. The topological polar surface area (TPSA) is 135 Å². The van der Waals surface area contributed by atoms with Crippen molar-refractivity contribution in [1.82, 2.24) is 10.2 Å². The third-order valence-corrected chi connectivity index (χ3v) is 10.9. The van der Waals surface area contributed by atoms with E-state index in [4.69, 9.17) is 25.8 Å². The third kappa shape index (κ3) is 7.46. The molecule has 3 fully saturated rings. The zero-order valence-electron chi connectivity index (χ0n) is 30.2. The summed E-state index contributed by atoms with van der Waals surface area (Å²) < 4.78 is 18.5. The molecule has 0 radical (unpaired) electrons. The van der Waals surface area contributed by atoms with Crippen molar-refractivity contribution < 1.29 is 38.5 Å². The molecular formula is C42H46ClN3O8. The second kappa shape index (κ2) is 17.1. The molecule has 3 aromatic rings. The Hall–Kier alpha value is -4.81. The Morgan fingerprint density at radius 1 is 1.04 bits per heavy atom. The number of carbonyl (C=O) groups is 4. The van der Waals surface area contributed by atoms with Crippen LogP contribution in [0.1, 0.15) is 49.0 Å². The van der Waals surface area contributed by atoms with Crippen LogP contribution in [0.25, 0.3) is 0 Å². The predicted octanol–water partition coefficient (Wildman–Crippen LogP) is 5.35. The highest BCUT2D eigenvalue weighted by Gasteiger charge is 2.76. The first-order valence-electron chi connectivity index (χ1n) is 18.2. The molecular weight excluding hydrogens is 710 g/mol. The summed E-state index contributed by atoms with van der Waals surface area (Å²) in [6.45, 7) is 7.23. The molecule has 0 saturated carbocycles. The molecule has 11 nitrogen and oxygen atoms in total. The van der Waals surface area contributed by atoms with Gasteiger partial charge in [0.05, 0.1) is 43.2 Å². The fourth-order valence-corrected chi connectivity index (χ4v) is 8.48. The van der Waals surface area contributed by atoms with Crippen molar-refractivity contribution in [1.29, 1.82) is 0 Å². The summed E-state index contributed by atoms with van der Waals surface area (Å²) in [6.07, 6.45) is 2.93. The fraction of sp³-hybridized carbons (Fsp3) is 0.381. The predicted molar refractivity (Wildman–Crippen MR) is 203 cm³/mol. The van der Waals surface area contributed by atoms with E-state index in [0.29, 0.717) is 41.1 Å². The van der Waals surface area contributed by atoms with Gasteiger partial charge in [0.25, 0.3) is 5.91 Å². The molecule has 3 amide bonds. The number of likely N-dealkylation sites (tertiary alicyclic amines) is 1. The van der Waals surface area contributed by atoms with Crippen molar-refractivity contribution in [3.63, 3.8) is 0 Å². The molecule has 3 aliphatic rings. The fourth-order valence-electron chi connectivity index (χ4n) is 8.35. The number of carbonyl (C=O) groups excluding carboxylic acids is 4. The van der Waals surface area contributed by atoms with Gasteiger partial charge in [-0.2, -0.15) is 0 Å². The van der Waals surface area contributed by atoms with Crippen LogP contribution in [-0.2, 0) is 33.4 Å². The van der Waals surface area contributed by atoms with Gasteiger partial charge in [0, 0.05) is 30.8 Å². The highest BCUT2D eigenvalue weighted by atomic mass is 35.5. The van der Waals surface area contributed by atoms with E-state index in [9.17, 15) is 14.7 Å². The van der Waals surface area contributed by atoms with Gasteiger partial charge in [0.2, 0.25) is 11.8 Å². The standard InChI is InChI=1S/C42H46ClN3O8/c1-4-6-17-34(48)44-31(26-52-3)37(28-15-11-8-12-16-28)53-41(51)35-33-22-23-42(54-33)36(35)39(49)46(32(25-47)27-13-9-7-10-14-27)38(42)40(50)45(24-5-2)30-20-18-29(43)19-21-30/h4-5,7-16,18-21,31-33,35-38,47H,1-2,6,17,22-26H2,3H3,(H,44,48)/t31-,32-,33-,35+,36+,37-,38-,42+/m1/s1. The van der Waals surface area contributed by atoms with Crippen molar-refractivity contribution >= 4 is 41.0 Å². The highest BCUT2D eigenvalue weighted by Crippen LogP contribution is 2.60. The Kier molecular flexibility index (Phi) is 12.3. The van der Waals surface area contributed by atoms with E-state index in [1.54, 1.807) is 84.9 Å². The molecule has 6 rings (SSSR count). The van der Waals surface area contributed by atoms with Crippen molar-refractivity contribution in [2.24, 2.45) is 11.8 Å². The summed E-state index contributed by atoms with van der Waals surface area (Å²) >= 11 is 6.20. The first-order valence-corrected chi connectivity index (χ1v) is 18.5. The number of amides is 3. The second-order valence-electron chi connectivity index (χ2n) is 13.8. The van der Waals surface area contributed by atoms with Gasteiger partial charge in [-0.3, -0.25) is 19.2 Å². The Bertz CT molecular complexity index is 1830. The zero-order valence-corrected chi connectivity index (χ0v) is 31.0. The molecule has 3 aliphatic heterocycles. The van der Waals surface area contributed by atoms with Gasteiger partial charge in [0.1, 0.15) is 17.7 Å². The SMILES string of the molecule is C=CCCC(=O)N[C@H](COC)[C@H](OC(=O)[C@@H]1[C@H]2C(=O)N([C@H](CO)c3ccccc3)[C@H](C(=O)N(CC=C)c3ccc(Cl)cc3)[C@]23CC[C@H]1O3)c1ccccc1. The van der Waals surface area contributed by atoms with Crippen LogP contribution in [0.2, 0.25) is 5.02 Å². The van der Waals surface area contributed by atoms with E-state index >= 15 is 9.59 Å². The van der Waals surface area contributed by atoms with Gasteiger partial charge in [-0.15, -0.1) is 13.2 Å². The van der Waals surface area contributed by atoms with E-state index in [1.165, 1.54) is 16.9 Å². The molecule has 1 spiro atoms. The van der Waals surface area contributed by atoms with Crippen molar-refractivity contribution in [2.45, 2.75) is 61.6 Å². The van der Waals surface area contributed by atoms with Crippen molar-refractivity contribution in [3.05, 3.63) is 126 Å². The minimum Gasteiger partial charge on any atom is -0.455 e. The number of benzene rings is 3. The molecule has 0 unspecified atom stereocenters. The molecule has 2 bridgehead atoms. The first kappa shape index (κ1) is 38.9. The first-order chi connectivity index (χ1) is 26.2. The average Bonchev–Trinajstić information content (AvgIpc) is 3.84. The van der Waals surface area contributed by atoms with E-state index < -0.39 is 72.2 Å². The molecule has 3 saturated heterocycles. The number of fused-ring (bicyclic) bond motifs is 1. The van der Waals surface area contributed by atoms with Crippen LogP contribution < -0.4 is 10.2 Å². The van der Waals surface area contributed by atoms with E-state index in [1.807, 2.05) is 12.1 Å². The number of aliphatic hydroxyl groups is 1.